The van der Waals surface area contributed by atoms with Crippen LogP contribution in [0.5, 0.6) is 0 Å². The number of halogens is 2. The molecule has 1 aliphatic heterocycles. The summed E-state index contributed by atoms with van der Waals surface area (Å²) in [6, 6.07) is 14.1. The van der Waals surface area contributed by atoms with Crippen molar-refractivity contribution in [3.8, 4) is 0 Å². The predicted molar refractivity (Wildman–Crippen MR) is 141 cm³/mol. The number of nitrogens with zero attached hydrogens (tertiary/aromatic N) is 3. The molecule has 2 heterocycles. The zero-order valence-electron chi connectivity index (χ0n) is 21.6. The van der Waals surface area contributed by atoms with Crippen molar-refractivity contribution in [1.29, 1.82) is 0 Å². The highest BCUT2D eigenvalue weighted by molar-refractivity contribution is 5.96. The van der Waals surface area contributed by atoms with E-state index in [0.717, 1.165) is 44.4 Å². The molecule has 0 saturated carbocycles. The van der Waals surface area contributed by atoms with Gasteiger partial charge in [0.1, 0.15) is 17.7 Å². The number of anilines is 2. The van der Waals surface area contributed by atoms with E-state index in [9.17, 15) is 18.4 Å². The molecule has 38 heavy (non-hydrogen) atoms. The van der Waals surface area contributed by atoms with Crippen LogP contribution in [0.15, 0.2) is 59.1 Å². The summed E-state index contributed by atoms with van der Waals surface area (Å²) in [4.78, 5) is 30.0. The molecule has 1 aromatic heterocycles. The third-order valence-corrected chi connectivity index (χ3v) is 6.69. The first-order chi connectivity index (χ1) is 18.3. The number of hydrogen-bond donors (Lipinski definition) is 2. The van der Waals surface area contributed by atoms with Gasteiger partial charge >= 0.3 is 0 Å². The molecule has 10 heteroatoms. The van der Waals surface area contributed by atoms with Crippen molar-refractivity contribution in [2.45, 2.75) is 45.2 Å². The molecule has 1 fully saturated rings. The Balaban J connectivity index is 1.31. The highest BCUT2D eigenvalue weighted by Crippen LogP contribution is 2.25. The molecule has 8 nitrogen and oxygen atoms in total. The third kappa shape index (κ3) is 7.16. The van der Waals surface area contributed by atoms with Gasteiger partial charge in [-0.1, -0.05) is 36.7 Å². The average molecular weight is 526 g/mol. The molecular formula is C28H33F2N5O3. The number of piperazine rings is 1. The van der Waals surface area contributed by atoms with Gasteiger partial charge in [0.05, 0.1) is 12.5 Å². The lowest BCUT2D eigenvalue weighted by atomic mass is 10.1. The van der Waals surface area contributed by atoms with E-state index in [-0.39, 0.29) is 23.8 Å². The highest BCUT2D eigenvalue weighted by Gasteiger charge is 2.26. The molecule has 3 aromatic rings. The summed E-state index contributed by atoms with van der Waals surface area (Å²) in [7, 11) is 0. The van der Waals surface area contributed by atoms with E-state index < -0.39 is 29.5 Å². The average Bonchev–Trinajstić information content (AvgIpc) is 3.36. The van der Waals surface area contributed by atoms with Crippen molar-refractivity contribution >= 4 is 23.3 Å². The molecule has 1 aliphatic rings. The number of rotatable bonds is 10. The largest absolute Gasteiger partial charge is 0.369 e. The fourth-order valence-corrected chi connectivity index (χ4v) is 4.65. The second-order valence-electron chi connectivity index (χ2n) is 9.50. The molecule has 4 rings (SSSR count). The van der Waals surface area contributed by atoms with Gasteiger partial charge in [0.25, 0.3) is 0 Å². The van der Waals surface area contributed by atoms with Gasteiger partial charge in [-0.2, -0.15) is 0 Å². The van der Waals surface area contributed by atoms with Crippen molar-refractivity contribution in [3.05, 3.63) is 77.6 Å². The molecule has 2 N–H and O–H groups in total. The number of aromatic nitrogens is 1. The summed E-state index contributed by atoms with van der Waals surface area (Å²) < 4.78 is 32.4. The first-order valence-electron chi connectivity index (χ1n) is 12.9. The van der Waals surface area contributed by atoms with E-state index in [1.54, 1.807) is 6.07 Å². The summed E-state index contributed by atoms with van der Waals surface area (Å²) >= 11 is 0. The lowest BCUT2D eigenvalue weighted by molar-refractivity contribution is -0.126. The van der Waals surface area contributed by atoms with E-state index in [4.69, 9.17) is 4.52 Å². The van der Waals surface area contributed by atoms with E-state index in [2.05, 4.69) is 37.7 Å². The molecule has 2 aromatic carbocycles. The minimum atomic E-state index is -0.824. The number of nitrogens with one attached hydrogen (secondary N) is 2. The van der Waals surface area contributed by atoms with Crippen LogP contribution in [0.2, 0.25) is 0 Å². The smallest absolute Gasteiger partial charge is 0.248 e. The molecule has 2 atom stereocenters. The maximum absolute atomic E-state index is 13.4. The predicted octanol–water partition coefficient (Wildman–Crippen LogP) is 4.30. The Labute approximate surface area is 221 Å². The maximum Gasteiger partial charge on any atom is 0.248 e. The van der Waals surface area contributed by atoms with Crippen LogP contribution >= 0.6 is 0 Å². The highest BCUT2D eigenvalue weighted by atomic mass is 19.1. The van der Waals surface area contributed by atoms with Gasteiger partial charge in [-0.25, -0.2) is 8.78 Å². The summed E-state index contributed by atoms with van der Waals surface area (Å²) in [5.74, 6) is -1.56. The lowest BCUT2D eigenvalue weighted by Crippen LogP contribution is -2.47. The molecule has 0 radical (unpaired) electrons. The van der Waals surface area contributed by atoms with Crippen LogP contribution in [0.3, 0.4) is 0 Å². The summed E-state index contributed by atoms with van der Waals surface area (Å²) in [6.45, 7) is 7.44. The number of amides is 2. The Hall–Kier alpha value is -3.79. The van der Waals surface area contributed by atoms with Crippen molar-refractivity contribution in [1.82, 2.24) is 15.4 Å². The normalized spacial score (nSPS) is 15.6. The van der Waals surface area contributed by atoms with Gasteiger partial charge in [0.2, 0.25) is 11.8 Å². The number of carbonyl (C=O) groups is 2. The van der Waals surface area contributed by atoms with Gasteiger partial charge in [0.15, 0.2) is 11.6 Å². The van der Waals surface area contributed by atoms with Crippen LogP contribution in [-0.2, 0) is 16.0 Å². The monoisotopic (exact) mass is 525 g/mol. The minimum absolute atomic E-state index is 0.0242. The molecule has 0 bridgehead atoms. The maximum atomic E-state index is 13.4. The summed E-state index contributed by atoms with van der Waals surface area (Å²) in [6.07, 6.45) is 0.788. The van der Waals surface area contributed by atoms with Crippen molar-refractivity contribution in [2.24, 2.45) is 0 Å². The van der Waals surface area contributed by atoms with E-state index in [1.807, 2.05) is 32.0 Å². The summed E-state index contributed by atoms with van der Waals surface area (Å²) in [5.41, 5.74) is 1.40. The van der Waals surface area contributed by atoms with Crippen molar-refractivity contribution < 1.29 is 22.9 Å². The fraction of sp³-hybridized carbons (Fsp3) is 0.393. The van der Waals surface area contributed by atoms with Gasteiger partial charge in [-0.05, 0) is 43.2 Å². The zero-order chi connectivity index (χ0) is 27.1. The topological polar surface area (TPSA) is 90.7 Å². The van der Waals surface area contributed by atoms with Crippen molar-refractivity contribution in [2.75, 3.05) is 36.4 Å². The SMILES string of the molecule is CCCC(NC(=O)Cc1cc(F)cc(F)c1)C(=O)Nc1cc(C(C)N2CCN(c3ccccc3)CC2)on1. The van der Waals surface area contributed by atoms with Crippen LogP contribution < -0.4 is 15.5 Å². The van der Waals surface area contributed by atoms with Crippen LogP contribution in [0.4, 0.5) is 20.3 Å². The Morgan fingerprint density at radius 2 is 1.71 bits per heavy atom. The molecular weight excluding hydrogens is 492 g/mol. The van der Waals surface area contributed by atoms with Crippen LogP contribution in [0.1, 0.15) is 44.1 Å². The van der Waals surface area contributed by atoms with E-state index >= 15 is 0 Å². The lowest BCUT2D eigenvalue weighted by Gasteiger charge is -2.38. The van der Waals surface area contributed by atoms with Gasteiger partial charge in [0, 0.05) is 44.0 Å². The second kappa shape index (κ2) is 12.6. The summed E-state index contributed by atoms with van der Waals surface area (Å²) in [5, 5.41) is 9.38. The van der Waals surface area contributed by atoms with Gasteiger partial charge in [-0.3, -0.25) is 14.5 Å². The second-order valence-corrected chi connectivity index (χ2v) is 9.50. The molecule has 1 saturated heterocycles. The minimum Gasteiger partial charge on any atom is -0.369 e. The quantitative estimate of drug-likeness (QED) is 0.410. The Bertz CT molecular complexity index is 1210. The number of hydrogen-bond acceptors (Lipinski definition) is 6. The van der Waals surface area contributed by atoms with Gasteiger partial charge in [-0.15, -0.1) is 0 Å². The molecule has 202 valence electrons. The molecule has 2 unspecified atom stereocenters. The Morgan fingerprint density at radius 1 is 1.03 bits per heavy atom. The van der Waals surface area contributed by atoms with E-state index in [1.165, 1.54) is 5.69 Å². The molecule has 0 aliphatic carbocycles. The number of benzene rings is 2. The van der Waals surface area contributed by atoms with Crippen LogP contribution in [0, 0.1) is 11.6 Å². The molecule has 0 spiro atoms. The number of carbonyl (C=O) groups excluding carboxylic acids is 2. The fourth-order valence-electron chi connectivity index (χ4n) is 4.65. The van der Waals surface area contributed by atoms with Crippen LogP contribution in [-0.4, -0.2) is 54.1 Å². The standard InChI is InChI=1S/C28H33F2N5O3/c1-3-7-24(31-27(36)16-20-14-21(29)17-22(30)15-20)28(37)32-26-18-25(38-33-26)19(2)34-10-12-35(13-11-34)23-8-5-4-6-9-23/h4-6,8-9,14-15,17-19,24H,3,7,10-13,16H2,1-2H3,(H,31,36)(H,32,33,37). The Morgan fingerprint density at radius 3 is 2.37 bits per heavy atom. The van der Waals surface area contributed by atoms with Gasteiger partial charge < -0.3 is 20.1 Å². The first-order valence-corrected chi connectivity index (χ1v) is 12.9. The third-order valence-electron chi connectivity index (χ3n) is 6.69. The first kappa shape index (κ1) is 27.3. The number of para-hydroxylation sites is 1. The van der Waals surface area contributed by atoms with Crippen molar-refractivity contribution in [3.63, 3.8) is 0 Å². The van der Waals surface area contributed by atoms with E-state index in [0.29, 0.717) is 18.6 Å². The Kier molecular flexibility index (Phi) is 9.06. The zero-order valence-corrected chi connectivity index (χ0v) is 21.6. The molecule has 2 amide bonds. The van der Waals surface area contributed by atoms with Crippen LogP contribution in [0.25, 0.3) is 0 Å².